The SMILES string of the molecule is COc1cccc(Oc2ccc(C(C)=O)c([N+](=O)[O-])c2)c1. The Bertz CT molecular complexity index is 696. The van der Waals surface area contributed by atoms with E-state index in [0.717, 1.165) is 0 Å². The Balaban J connectivity index is 2.34. The van der Waals surface area contributed by atoms with Crippen LogP contribution in [0.1, 0.15) is 17.3 Å². The van der Waals surface area contributed by atoms with Gasteiger partial charge in [0.15, 0.2) is 5.78 Å². The monoisotopic (exact) mass is 287 g/mol. The molecule has 0 spiro atoms. The van der Waals surface area contributed by atoms with Gasteiger partial charge in [0.05, 0.1) is 23.7 Å². The zero-order chi connectivity index (χ0) is 15.4. The molecule has 0 bridgehead atoms. The van der Waals surface area contributed by atoms with Gasteiger partial charge < -0.3 is 9.47 Å². The highest BCUT2D eigenvalue weighted by atomic mass is 16.6. The van der Waals surface area contributed by atoms with Gasteiger partial charge in [0, 0.05) is 6.07 Å². The first-order valence-electron chi connectivity index (χ1n) is 6.12. The van der Waals surface area contributed by atoms with Crippen LogP contribution in [0.5, 0.6) is 17.2 Å². The van der Waals surface area contributed by atoms with Gasteiger partial charge in [0.2, 0.25) is 0 Å². The summed E-state index contributed by atoms with van der Waals surface area (Å²) in [6.45, 7) is 1.28. The Morgan fingerprint density at radius 3 is 2.38 bits per heavy atom. The number of nitro benzene ring substituents is 1. The van der Waals surface area contributed by atoms with Gasteiger partial charge in [-0.3, -0.25) is 14.9 Å². The molecular weight excluding hydrogens is 274 g/mol. The molecule has 0 aromatic heterocycles. The molecule has 108 valence electrons. The molecule has 0 amide bonds. The van der Waals surface area contributed by atoms with Crippen LogP contribution >= 0.6 is 0 Å². The molecule has 0 atom stereocenters. The molecule has 0 unspecified atom stereocenters. The van der Waals surface area contributed by atoms with E-state index in [2.05, 4.69) is 0 Å². The number of methoxy groups -OCH3 is 1. The standard InChI is InChI=1S/C15H13NO5/c1-10(17)14-7-6-13(9-15(14)16(18)19)21-12-5-3-4-11(8-12)20-2/h3-9H,1-2H3. The predicted octanol–water partition coefficient (Wildman–Crippen LogP) is 3.60. The Labute approximate surface area is 121 Å². The summed E-state index contributed by atoms with van der Waals surface area (Å²) < 4.78 is 10.6. The quantitative estimate of drug-likeness (QED) is 0.477. The van der Waals surface area contributed by atoms with Crippen LogP contribution in [-0.2, 0) is 0 Å². The molecule has 0 fully saturated rings. The number of nitro groups is 1. The highest BCUT2D eigenvalue weighted by molar-refractivity contribution is 5.98. The summed E-state index contributed by atoms with van der Waals surface area (Å²) in [5.41, 5.74) is -0.221. The highest BCUT2D eigenvalue weighted by Gasteiger charge is 2.18. The third kappa shape index (κ3) is 3.36. The molecule has 0 saturated heterocycles. The molecule has 21 heavy (non-hydrogen) atoms. The number of hydrogen-bond acceptors (Lipinski definition) is 5. The number of ketones is 1. The largest absolute Gasteiger partial charge is 0.497 e. The average Bonchev–Trinajstić information content (AvgIpc) is 2.47. The Morgan fingerprint density at radius 1 is 1.10 bits per heavy atom. The van der Waals surface area contributed by atoms with E-state index in [1.54, 1.807) is 24.3 Å². The predicted molar refractivity (Wildman–Crippen MR) is 76.2 cm³/mol. The van der Waals surface area contributed by atoms with Crippen molar-refractivity contribution in [2.45, 2.75) is 6.92 Å². The smallest absolute Gasteiger partial charge is 0.283 e. The number of ether oxygens (including phenoxy) is 2. The summed E-state index contributed by atoms with van der Waals surface area (Å²) in [5.74, 6) is 1.01. The molecule has 0 radical (unpaired) electrons. The van der Waals surface area contributed by atoms with Gasteiger partial charge in [-0.15, -0.1) is 0 Å². The van der Waals surface area contributed by atoms with Gasteiger partial charge in [0.25, 0.3) is 5.69 Å². The minimum absolute atomic E-state index is 0.0537. The first-order chi connectivity index (χ1) is 10.0. The molecule has 0 aliphatic heterocycles. The van der Waals surface area contributed by atoms with E-state index in [9.17, 15) is 14.9 Å². The number of benzene rings is 2. The number of carbonyl (C=O) groups excluding carboxylic acids is 1. The number of hydrogen-bond donors (Lipinski definition) is 0. The van der Waals surface area contributed by atoms with Crippen LogP contribution in [0.3, 0.4) is 0 Å². The summed E-state index contributed by atoms with van der Waals surface area (Å²) in [4.78, 5) is 21.8. The number of Topliss-reactive ketones (excluding diaryl/α,β-unsaturated/α-hetero) is 1. The number of carbonyl (C=O) groups is 1. The van der Waals surface area contributed by atoms with Crippen LogP contribution in [0.25, 0.3) is 0 Å². The summed E-state index contributed by atoms with van der Waals surface area (Å²) in [7, 11) is 1.53. The lowest BCUT2D eigenvalue weighted by Crippen LogP contribution is -2.00. The van der Waals surface area contributed by atoms with Crippen molar-refractivity contribution in [3.8, 4) is 17.2 Å². The maximum Gasteiger partial charge on any atom is 0.283 e. The second kappa shape index (κ2) is 6.04. The third-order valence-corrected chi connectivity index (χ3v) is 2.82. The topological polar surface area (TPSA) is 78.7 Å². The van der Waals surface area contributed by atoms with E-state index in [1.165, 1.54) is 32.2 Å². The summed E-state index contributed by atoms with van der Waals surface area (Å²) in [5, 5.41) is 11.0. The van der Waals surface area contributed by atoms with Crippen molar-refractivity contribution in [1.82, 2.24) is 0 Å². The minimum atomic E-state index is -0.602. The van der Waals surface area contributed by atoms with Crippen LogP contribution in [0.15, 0.2) is 42.5 Å². The molecule has 0 saturated carbocycles. The maximum absolute atomic E-state index is 11.4. The van der Waals surface area contributed by atoms with E-state index in [-0.39, 0.29) is 22.8 Å². The fourth-order valence-corrected chi connectivity index (χ4v) is 1.82. The number of rotatable bonds is 5. The zero-order valence-corrected chi connectivity index (χ0v) is 11.5. The molecule has 0 heterocycles. The van der Waals surface area contributed by atoms with Crippen molar-refractivity contribution in [2.24, 2.45) is 0 Å². The van der Waals surface area contributed by atoms with Gasteiger partial charge in [-0.2, -0.15) is 0 Å². The second-order valence-electron chi connectivity index (χ2n) is 4.27. The van der Waals surface area contributed by atoms with Gasteiger partial charge in [-0.1, -0.05) is 6.07 Å². The molecule has 2 aromatic carbocycles. The Morgan fingerprint density at radius 2 is 1.76 bits per heavy atom. The molecule has 2 aromatic rings. The van der Waals surface area contributed by atoms with E-state index < -0.39 is 4.92 Å². The van der Waals surface area contributed by atoms with Crippen molar-refractivity contribution in [1.29, 1.82) is 0 Å². The third-order valence-electron chi connectivity index (χ3n) is 2.82. The second-order valence-corrected chi connectivity index (χ2v) is 4.27. The Hall–Kier alpha value is -2.89. The summed E-state index contributed by atoms with van der Waals surface area (Å²) >= 11 is 0. The lowest BCUT2D eigenvalue weighted by molar-refractivity contribution is -0.385. The van der Waals surface area contributed by atoms with Crippen LogP contribution < -0.4 is 9.47 Å². The van der Waals surface area contributed by atoms with Crippen molar-refractivity contribution in [3.05, 3.63) is 58.1 Å². The van der Waals surface area contributed by atoms with Gasteiger partial charge >= 0.3 is 0 Å². The molecule has 0 aliphatic rings. The molecule has 6 heteroatoms. The van der Waals surface area contributed by atoms with Gasteiger partial charge in [-0.25, -0.2) is 0 Å². The average molecular weight is 287 g/mol. The van der Waals surface area contributed by atoms with Crippen LogP contribution in [0.2, 0.25) is 0 Å². The van der Waals surface area contributed by atoms with E-state index in [0.29, 0.717) is 11.5 Å². The lowest BCUT2D eigenvalue weighted by atomic mass is 10.1. The van der Waals surface area contributed by atoms with Gasteiger partial charge in [-0.05, 0) is 31.2 Å². The normalized spacial score (nSPS) is 10.0. The fourth-order valence-electron chi connectivity index (χ4n) is 1.82. The van der Waals surface area contributed by atoms with Crippen molar-refractivity contribution in [2.75, 3.05) is 7.11 Å². The molecule has 0 N–H and O–H groups in total. The Kier molecular flexibility index (Phi) is 4.18. The van der Waals surface area contributed by atoms with E-state index >= 15 is 0 Å². The van der Waals surface area contributed by atoms with Crippen molar-refractivity contribution in [3.63, 3.8) is 0 Å². The maximum atomic E-state index is 11.4. The van der Waals surface area contributed by atoms with Crippen molar-refractivity contribution >= 4 is 11.5 Å². The van der Waals surface area contributed by atoms with E-state index in [1.807, 2.05) is 0 Å². The summed E-state index contributed by atoms with van der Waals surface area (Å²) in [6, 6.07) is 11.0. The van der Waals surface area contributed by atoms with Crippen molar-refractivity contribution < 1.29 is 19.2 Å². The first kappa shape index (κ1) is 14.5. The molecule has 6 nitrogen and oxygen atoms in total. The number of nitrogens with zero attached hydrogens (tertiary/aromatic N) is 1. The lowest BCUT2D eigenvalue weighted by Gasteiger charge is -2.08. The summed E-state index contributed by atoms with van der Waals surface area (Å²) in [6.07, 6.45) is 0. The molecule has 2 rings (SSSR count). The van der Waals surface area contributed by atoms with E-state index in [4.69, 9.17) is 9.47 Å². The van der Waals surface area contributed by atoms with Crippen LogP contribution in [0.4, 0.5) is 5.69 Å². The highest BCUT2D eigenvalue weighted by Crippen LogP contribution is 2.30. The first-order valence-corrected chi connectivity index (χ1v) is 6.12. The molecular formula is C15H13NO5. The fraction of sp³-hybridized carbons (Fsp3) is 0.133. The van der Waals surface area contributed by atoms with Crippen LogP contribution in [-0.4, -0.2) is 17.8 Å². The molecule has 0 aliphatic carbocycles. The van der Waals surface area contributed by atoms with Crippen LogP contribution in [0, 0.1) is 10.1 Å². The van der Waals surface area contributed by atoms with Gasteiger partial charge in [0.1, 0.15) is 17.2 Å². The minimum Gasteiger partial charge on any atom is -0.497 e. The zero-order valence-electron chi connectivity index (χ0n) is 11.5.